The maximum atomic E-state index is 12.0. The van der Waals surface area contributed by atoms with Crippen LogP contribution in [0.1, 0.15) is 36.8 Å². The average Bonchev–Trinajstić information content (AvgIpc) is 2.48. The minimum atomic E-state index is -0.312. The second kappa shape index (κ2) is 7.81. The Bertz CT molecular complexity index is 712. The zero-order valence-corrected chi connectivity index (χ0v) is 15.4. The summed E-state index contributed by atoms with van der Waals surface area (Å²) in [6, 6.07) is 8.81. The van der Waals surface area contributed by atoms with E-state index in [-0.39, 0.29) is 17.1 Å². The smallest absolute Gasteiger partial charge is 0.272 e. The summed E-state index contributed by atoms with van der Waals surface area (Å²) < 4.78 is 0. The molecule has 5 nitrogen and oxygen atoms in total. The van der Waals surface area contributed by atoms with Gasteiger partial charge in [0.1, 0.15) is 5.82 Å². The molecule has 0 atom stereocenters. The summed E-state index contributed by atoms with van der Waals surface area (Å²) in [5, 5.41) is 15.2. The molecule has 24 heavy (non-hydrogen) atoms. The molecule has 2 N–H and O–H groups in total. The van der Waals surface area contributed by atoms with E-state index in [9.17, 15) is 4.79 Å². The maximum Gasteiger partial charge on any atom is 0.272 e. The Kier molecular flexibility index (Phi) is 6.02. The molecule has 1 aromatic carbocycles. The van der Waals surface area contributed by atoms with E-state index in [2.05, 4.69) is 20.8 Å². The van der Waals surface area contributed by atoms with Gasteiger partial charge in [-0.05, 0) is 57.0 Å². The molecule has 0 aliphatic carbocycles. The van der Waals surface area contributed by atoms with Gasteiger partial charge in [0, 0.05) is 22.1 Å². The summed E-state index contributed by atoms with van der Waals surface area (Å²) in [6.07, 6.45) is 0.726. The van der Waals surface area contributed by atoms with E-state index < -0.39 is 0 Å². The number of carbonyl (C=O) groups excluding carboxylic acids is 1. The van der Waals surface area contributed by atoms with E-state index in [1.54, 1.807) is 18.2 Å². The van der Waals surface area contributed by atoms with Crippen LogP contribution in [0.15, 0.2) is 30.3 Å². The molecule has 0 saturated heterocycles. The Hall–Kier alpha value is -1.85. The molecule has 0 fully saturated rings. The standard InChI is InChI=1S/C17H20Cl2N4O/c1-17(2,3)21-16(24)14-6-7-15(23-22-14)20-9-8-11-4-5-12(18)10-13(11)19/h4-7,10H,8-9H2,1-3H3,(H,20,23)(H,21,24). The molecule has 128 valence electrons. The number of hydrogen-bond acceptors (Lipinski definition) is 4. The molecule has 0 aliphatic heterocycles. The van der Waals surface area contributed by atoms with Crippen molar-refractivity contribution in [2.45, 2.75) is 32.7 Å². The van der Waals surface area contributed by atoms with Crippen molar-refractivity contribution in [2.24, 2.45) is 0 Å². The molecule has 0 aliphatic rings. The van der Waals surface area contributed by atoms with Gasteiger partial charge in [0.25, 0.3) is 5.91 Å². The van der Waals surface area contributed by atoms with Crippen LogP contribution in [0, 0.1) is 0 Å². The van der Waals surface area contributed by atoms with Crippen molar-refractivity contribution in [3.05, 3.63) is 51.6 Å². The quantitative estimate of drug-likeness (QED) is 0.839. The highest BCUT2D eigenvalue weighted by atomic mass is 35.5. The van der Waals surface area contributed by atoms with Crippen molar-refractivity contribution in [3.63, 3.8) is 0 Å². The predicted molar refractivity (Wildman–Crippen MR) is 97.9 cm³/mol. The molecular weight excluding hydrogens is 347 g/mol. The number of halogens is 2. The van der Waals surface area contributed by atoms with Crippen LogP contribution in [0.2, 0.25) is 10.0 Å². The van der Waals surface area contributed by atoms with Crippen molar-refractivity contribution in [1.82, 2.24) is 15.5 Å². The number of benzene rings is 1. The molecule has 0 unspecified atom stereocenters. The first-order valence-electron chi connectivity index (χ1n) is 7.59. The van der Waals surface area contributed by atoms with Crippen LogP contribution in [0.5, 0.6) is 0 Å². The van der Waals surface area contributed by atoms with Crippen molar-refractivity contribution < 1.29 is 4.79 Å². The van der Waals surface area contributed by atoms with Gasteiger partial charge in [0.05, 0.1) is 0 Å². The Balaban J connectivity index is 1.89. The highest BCUT2D eigenvalue weighted by Gasteiger charge is 2.16. The fraction of sp³-hybridized carbons (Fsp3) is 0.353. The van der Waals surface area contributed by atoms with Gasteiger partial charge in [-0.3, -0.25) is 4.79 Å². The molecule has 0 spiro atoms. The SMILES string of the molecule is CC(C)(C)NC(=O)c1ccc(NCCc2ccc(Cl)cc2Cl)nn1. The summed E-state index contributed by atoms with van der Waals surface area (Å²) >= 11 is 12.0. The second-order valence-electron chi connectivity index (χ2n) is 6.42. The summed E-state index contributed by atoms with van der Waals surface area (Å²) in [4.78, 5) is 12.0. The van der Waals surface area contributed by atoms with Crippen LogP contribution < -0.4 is 10.6 Å². The van der Waals surface area contributed by atoms with Crippen LogP contribution in [-0.4, -0.2) is 28.2 Å². The zero-order valence-electron chi connectivity index (χ0n) is 13.9. The number of rotatable bonds is 5. The number of carbonyl (C=O) groups is 1. The van der Waals surface area contributed by atoms with Gasteiger partial charge in [-0.15, -0.1) is 10.2 Å². The summed E-state index contributed by atoms with van der Waals surface area (Å²) in [5.41, 5.74) is 0.979. The highest BCUT2D eigenvalue weighted by Crippen LogP contribution is 2.21. The first-order chi connectivity index (χ1) is 11.2. The minimum Gasteiger partial charge on any atom is -0.368 e. The highest BCUT2D eigenvalue weighted by molar-refractivity contribution is 6.35. The Morgan fingerprint density at radius 2 is 1.88 bits per heavy atom. The molecule has 1 aromatic heterocycles. The van der Waals surface area contributed by atoms with Crippen LogP contribution >= 0.6 is 23.2 Å². The van der Waals surface area contributed by atoms with Crippen molar-refractivity contribution >= 4 is 34.9 Å². The predicted octanol–water partition coefficient (Wildman–Crippen LogP) is 3.97. The van der Waals surface area contributed by atoms with Gasteiger partial charge >= 0.3 is 0 Å². The lowest BCUT2D eigenvalue weighted by atomic mass is 10.1. The lowest BCUT2D eigenvalue weighted by Gasteiger charge is -2.19. The number of anilines is 1. The van der Waals surface area contributed by atoms with Crippen LogP contribution in [0.4, 0.5) is 5.82 Å². The fourth-order valence-electron chi connectivity index (χ4n) is 2.00. The van der Waals surface area contributed by atoms with Gasteiger partial charge in [-0.2, -0.15) is 0 Å². The second-order valence-corrected chi connectivity index (χ2v) is 7.26. The van der Waals surface area contributed by atoms with E-state index >= 15 is 0 Å². The Morgan fingerprint density at radius 3 is 2.46 bits per heavy atom. The molecule has 2 rings (SSSR count). The molecule has 0 saturated carbocycles. The summed E-state index contributed by atoms with van der Waals surface area (Å²) in [6.45, 7) is 6.38. The minimum absolute atomic E-state index is 0.241. The topological polar surface area (TPSA) is 66.9 Å². The van der Waals surface area contributed by atoms with Gasteiger partial charge < -0.3 is 10.6 Å². The number of amides is 1. The van der Waals surface area contributed by atoms with E-state index in [1.165, 1.54) is 0 Å². The molecule has 1 amide bonds. The molecule has 0 bridgehead atoms. The largest absolute Gasteiger partial charge is 0.368 e. The van der Waals surface area contributed by atoms with Crippen molar-refractivity contribution in [2.75, 3.05) is 11.9 Å². The molecule has 0 radical (unpaired) electrons. The maximum absolute atomic E-state index is 12.0. The third-order valence-corrected chi connectivity index (χ3v) is 3.69. The molecular formula is C17H20Cl2N4O. The average molecular weight is 367 g/mol. The van der Waals surface area contributed by atoms with Gasteiger partial charge in [-0.1, -0.05) is 29.3 Å². The first kappa shape index (κ1) is 18.5. The van der Waals surface area contributed by atoms with Crippen LogP contribution in [0.3, 0.4) is 0 Å². The lowest BCUT2D eigenvalue weighted by molar-refractivity contribution is 0.0913. The lowest BCUT2D eigenvalue weighted by Crippen LogP contribution is -2.41. The van der Waals surface area contributed by atoms with Crippen molar-refractivity contribution in [3.8, 4) is 0 Å². The number of hydrogen-bond donors (Lipinski definition) is 2. The Morgan fingerprint density at radius 1 is 1.12 bits per heavy atom. The van der Waals surface area contributed by atoms with Gasteiger partial charge in [0.2, 0.25) is 0 Å². The number of aromatic nitrogens is 2. The van der Waals surface area contributed by atoms with Gasteiger partial charge in [-0.25, -0.2) is 0 Å². The Labute approximate surface area is 151 Å². The van der Waals surface area contributed by atoms with Crippen molar-refractivity contribution in [1.29, 1.82) is 0 Å². The normalized spacial score (nSPS) is 11.2. The summed E-state index contributed by atoms with van der Waals surface area (Å²) in [5.74, 6) is 0.363. The molecule has 2 aromatic rings. The number of nitrogens with one attached hydrogen (secondary N) is 2. The van der Waals surface area contributed by atoms with Crippen LogP contribution in [0.25, 0.3) is 0 Å². The third-order valence-electron chi connectivity index (χ3n) is 3.10. The van der Waals surface area contributed by atoms with E-state index in [0.29, 0.717) is 22.4 Å². The van der Waals surface area contributed by atoms with E-state index in [4.69, 9.17) is 23.2 Å². The molecule has 7 heteroatoms. The first-order valence-corrected chi connectivity index (χ1v) is 8.34. The zero-order chi connectivity index (χ0) is 17.7. The van der Waals surface area contributed by atoms with Gasteiger partial charge in [0.15, 0.2) is 5.69 Å². The van der Waals surface area contributed by atoms with E-state index in [0.717, 1.165) is 12.0 Å². The van der Waals surface area contributed by atoms with E-state index in [1.807, 2.05) is 32.9 Å². The fourth-order valence-corrected chi connectivity index (χ4v) is 2.50. The number of nitrogens with zero attached hydrogens (tertiary/aromatic N) is 2. The summed E-state index contributed by atoms with van der Waals surface area (Å²) in [7, 11) is 0. The third kappa shape index (κ3) is 5.65. The molecule has 1 heterocycles. The monoisotopic (exact) mass is 366 g/mol. The van der Waals surface area contributed by atoms with Crippen LogP contribution in [-0.2, 0) is 6.42 Å².